The normalized spacial score (nSPS) is 18.3. The molecule has 0 radical (unpaired) electrons. The van der Waals surface area contributed by atoms with Gasteiger partial charge in [-0.15, -0.1) is 0 Å². The summed E-state index contributed by atoms with van der Waals surface area (Å²) in [5.74, 6) is 0. The van der Waals surface area contributed by atoms with E-state index in [1.807, 2.05) is 30.0 Å². The number of carbonyl (C=O) groups is 1. The first-order valence-electron chi connectivity index (χ1n) is 7.61. The fourth-order valence-corrected chi connectivity index (χ4v) is 3.16. The van der Waals surface area contributed by atoms with Crippen molar-refractivity contribution >= 4 is 23.3 Å². The lowest BCUT2D eigenvalue weighted by atomic mass is 10.2. The maximum Gasteiger partial charge on any atom is 0.321 e. The third-order valence-electron chi connectivity index (χ3n) is 4.15. The van der Waals surface area contributed by atoms with Crippen LogP contribution in [0.2, 0.25) is 5.02 Å². The van der Waals surface area contributed by atoms with Crippen LogP contribution in [0.25, 0.3) is 0 Å². The zero-order valence-electron chi connectivity index (χ0n) is 13.0. The van der Waals surface area contributed by atoms with Gasteiger partial charge in [0, 0.05) is 19.1 Å². The first-order valence-corrected chi connectivity index (χ1v) is 7.99. The van der Waals surface area contributed by atoms with E-state index in [0.29, 0.717) is 16.8 Å². The van der Waals surface area contributed by atoms with Crippen molar-refractivity contribution in [2.24, 2.45) is 0 Å². The second kappa shape index (κ2) is 7.14. The van der Waals surface area contributed by atoms with Gasteiger partial charge in [-0.05, 0) is 44.1 Å². The molecule has 1 N–H and O–H groups in total. The lowest BCUT2D eigenvalue weighted by Crippen LogP contribution is -2.39. The second-order valence-corrected chi connectivity index (χ2v) is 5.93. The van der Waals surface area contributed by atoms with Crippen molar-refractivity contribution < 1.29 is 4.79 Å². The second-order valence-electron chi connectivity index (χ2n) is 5.52. The Kier molecular flexibility index (Phi) is 5.48. The van der Waals surface area contributed by atoms with Crippen molar-refractivity contribution in [1.82, 2.24) is 9.80 Å². The van der Waals surface area contributed by atoms with Crippen LogP contribution in [0.4, 0.5) is 10.5 Å². The average molecular weight is 310 g/mol. The number of aryl methyl sites for hydroxylation is 1. The summed E-state index contributed by atoms with van der Waals surface area (Å²) in [7, 11) is 0. The fraction of sp³-hybridized carbons (Fsp3) is 0.562. The highest BCUT2D eigenvalue weighted by Crippen LogP contribution is 2.24. The Morgan fingerprint density at radius 1 is 1.43 bits per heavy atom. The van der Waals surface area contributed by atoms with Crippen LogP contribution in [0.1, 0.15) is 25.8 Å². The van der Waals surface area contributed by atoms with E-state index in [2.05, 4.69) is 24.1 Å². The molecule has 1 saturated heterocycles. The molecule has 0 spiro atoms. The number of hydrogen-bond donors (Lipinski definition) is 1. The number of nitrogens with zero attached hydrogens (tertiary/aromatic N) is 2. The van der Waals surface area contributed by atoms with E-state index >= 15 is 0 Å². The van der Waals surface area contributed by atoms with Crippen molar-refractivity contribution in [3.63, 3.8) is 0 Å². The lowest BCUT2D eigenvalue weighted by Gasteiger charge is -2.26. The van der Waals surface area contributed by atoms with Crippen LogP contribution < -0.4 is 5.32 Å². The van der Waals surface area contributed by atoms with E-state index < -0.39 is 0 Å². The number of benzene rings is 1. The van der Waals surface area contributed by atoms with E-state index in [4.69, 9.17) is 11.6 Å². The van der Waals surface area contributed by atoms with Crippen LogP contribution in [0, 0.1) is 6.92 Å². The molecule has 21 heavy (non-hydrogen) atoms. The van der Waals surface area contributed by atoms with Crippen molar-refractivity contribution in [3.8, 4) is 0 Å². The molecule has 0 bridgehead atoms. The predicted molar refractivity (Wildman–Crippen MR) is 88.1 cm³/mol. The molecule has 1 heterocycles. The number of hydrogen-bond acceptors (Lipinski definition) is 2. The number of nitrogens with one attached hydrogen (secondary N) is 1. The monoisotopic (exact) mass is 309 g/mol. The Labute approximate surface area is 132 Å². The molecule has 1 fully saturated rings. The summed E-state index contributed by atoms with van der Waals surface area (Å²) in [6, 6.07) is 6.08. The number of rotatable bonds is 4. The lowest BCUT2D eigenvalue weighted by molar-refractivity contribution is 0.202. The predicted octanol–water partition coefficient (Wildman–Crippen LogP) is 3.60. The van der Waals surface area contributed by atoms with Crippen molar-refractivity contribution in [3.05, 3.63) is 28.8 Å². The van der Waals surface area contributed by atoms with Crippen LogP contribution in [0.5, 0.6) is 0 Å². The van der Waals surface area contributed by atoms with Gasteiger partial charge in [-0.3, -0.25) is 4.90 Å². The third kappa shape index (κ3) is 3.89. The Balaban J connectivity index is 1.95. The molecule has 2 amide bonds. The third-order valence-corrected chi connectivity index (χ3v) is 4.46. The maximum atomic E-state index is 12.3. The zero-order chi connectivity index (χ0) is 15.4. The summed E-state index contributed by atoms with van der Waals surface area (Å²) in [6.07, 6.45) is 1.04. The van der Waals surface area contributed by atoms with Crippen molar-refractivity contribution in [1.29, 1.82) is 0 Å². The minimum Gasteiger partial charge on any atom is -0.323 e. The Hall–Kier alpha value is -1.26. The average Bonchev–Trinajstić information content (AvgIpc) is 2.93. The molecule has 1 atom stereocenters. The van der Waals surface area contributed by atoms with Crippen LogP contribution in [-0.4, -0.2) is 48.1 Å². The molecule has 0 unspecified atom stereocenters. The van der Waals surface area contributed by atoms with Gasteiger partial charge in [-0.1, -0.05) is 31.5 Å². The summed E-state index contributed by atoms with van der Waals surface area (Å²) in [5.41, 5.74) is 1.76. The van der Waals surface area contributed by atoms with Gasteiger partial charge in [0.05, 0.1) is 10.7 Å². The molecular formula is C16H24ClN3O. The molecule has 0 saturated carbocycles. The highest BCUT2D eigenvalue weighted by atomic mass is 35.5. The smallest absolute Gasteiger partial charge is 0.321 e. The Morgan fingerprint density at radius 3 is 2.76 bits per heavy atom. The summed E-state index contributed by atoms with van der Waals surface area (Å²) in [6.45, 7) is 9.96. The van der Waals surface area contributed by atoms with Gasteiger partial charge >= 0.3 is 6.03 Å². The molecule has 1 aromatic rings. The molecule has 0 aliphatic carbocycles. The first kappa shape index (κ1) is 16.1. The number of amides is 2. The van der Waals surface area contributed by atoms with E-state index in [-0.39, 0.29) is 6.03 Å². The Bertz CT molecular complexity index is 502. The number of halogens is 1. The molecule has 1 aliphatic heterocycles. The molecule has 1 aromatic carbocycles. The fourth-order valence-electron chi connectivity index (χ4n) is 2.88. The van der Waals surface area contributed by atoms with E-state index in [1.54, 1.807) is 0 Å². The molecule has 2 rings (SSSR count). The number of urea groups is 1. The number of likely N-dealkylation sites (N-methyl/N-ethyl adjacent to an activating group) is 1. The number of likely N-dealkylation sites (tertiary alicyclic amines) is 1. The standard InChI is InChI=1S/C16H24ClN3O/c1-4-19(5-2)13-8-9-20(11-13)16(21)18-15-7-6-12(3)10-14(15)17/h6-7,10,13H,4-5,8-9,11H2,1-3H3,(H,18,21)/t13-/m1/s1. The van der Waals surface area contributed by atoms with Crippen molar-refractivity contribution in [2.75, 3.05) is 31.5 Å². The largest absolute Gasteiger partial charge is 0.323 e. The van der Waals surface area contributed by atoms with Gasteiger partial charge in [0.25, 0.3) is 0 Å². The van der Waals surface area contributed by atoms with Crippen LogP contribution >= 0.6 is 11.6 Å². The van der Waals surface area contributed by atoms with E-state index in [9.17, 15) is 4.79 Å². The molecule has 4 nitrogen and oxygen atoms in total. The SMILES string of the molecule is CCN(CC)[C@@H]1CCN(C(=O)Nc2ccc(C)cc2Cl)C1. The minimum absolute atomic E-state index is 0.0598. The van der Waals surface area contributed by atoms with Gasteiger partial charge in [0.15, 0.2) is 0 Å². The van der Waals surface area contributed by atoms with Gasteiger partial charge in [0.1, 0.15) is 0 Å². The van der Waals surface area contributed by atoms with E-state index in [0.717, 1.165) is 38.2 Å². The summed E-state index contributed by atoms with van der Waals surface area (Å²) < 4.78 is 0. The highest BCUT2D eigenvalue weighted by Gasteiger charge is 2.29. The van der Waals surface area contributed by atoms with Gasteiger partial charge in [-0.25, -0.2) is 4.79 Å². The van der Waals surface area contributed by atoms with Gasteiger partial charge in [0.2, 0.25) is 0 Å². The highest BCUT2D eigenvalue weighted by molar-refractivity contribution is 6.33. The maximum absolute atomic E-state index is 12.3. The summed E-state index contributed by atoms with van der Waals surface area (Å²) in [5, 5.41) is 3.50. The zero-order valence-corrected chi connectivity index (χ0v) is 13.8. The quantitative estimate of drug-likeness (QED) is 0.922. The van der Waals surface area contributed by atoms with Crippen LogP contribution in [-0.2, 0) is 0 Å². The summed E-state index contributed by atoms with van der Waals surface area (Å²) in [4.78, 5) is 16.6. The molecule has 5 heteroatoms. The minimum atomic E-state index is -0.0598. The topological polar surface area (TPSA) is 35.6 Å². The summed E-state index contributed by atoms with van der Waals surface area (Å²) >= 11 is 6.16. The molecule has 116 valence electrons. The number of carbonyl (C=O) groups excluding carboxylic acids is 1. The van der Waals surface area contributed by atoms with Crippen molar-refractivity contribution in [2.45, 2.75) is 33.2 Å². The first-order chi connectivity index (χ1) is 10.0. The molecule has 1 aliphatic rings. The molecule has 0 aromatic heterocycles. The van der Waals surface area contributed by atoms with Crippen LogP contribution in [0.3, 0.4) is 0 Å². The van der Waals surface area contributed by atoms with E-state index in [1.165, 1.54) is 0 Å². The Morgan fingerprint density at radius 2 is 2.14 bits per heavy atom. The molecular weight excluding hydrogens is 286 g/mol. The van der Waals surface area contributed by atoms with Crippen LogP contribution in [0.15, 0.2) is 18.2 Å². The van der Waals surface area contributed by atoms with Gasteiger partial charge in [-0.2, -0.15) is 0 Å². The number of anilines is 1. The van der Waals surface area contributed by atoms with Gasteiger partial charge < -0.3 is 10.2 Å².